The molecule has 1 aliphatic rings. The minimum Gasteiger partial charge on any atom is -0.478 e. The van der Waals surface area contributed by atoms with Crippen LogP contribution in [-0.2, 0) is 0 Å². The molecule has 0 aliphatic carbocycles. The Morgan fingerprint density at radius 2 is 1.67 bits per heavy atom. The summed E-state index contributed by atoms with van der Waals surface area (Å²) in [5.41, 5.74) is 1.40. The molecule has 21 heavy (non-hydrogen) atoms. The molecule has 2 aromatic rings. The number of hydrogen-bond donors (Lipinski definition) is 1. The second kappa shape index (κ2) is 5.78. The van der Waals surface area contributed by atoms with Gasteiger partial charge in [-0.25, -0.2) is 4.79 Å². The maximum absolute atomic E-state index is 11.2. The fourth-order valence-electron chi connectivity index (χ4n) is 2.54. The minimum absolute atomic E-state index is 0.207. The quantitative estimate of drug-likeness (QED) is 0.921. The van der Waals surface area contributed by atoms with Crippen LogP contribution < -0.4 is 9.80 Å². The molecule has 0 atom stereocenters. The van der Waals surface area contributed by atoms with Gasteiger partial charge in [0.2, 0.25) is 0 Å². The van der Waals surface area contributed by atoms with Gasteiger partial charge in [-0.05, 0) is 18.2 Å². The summed E-state index contributed by atoms with van der Waals surface area (Å²) in [4.78, 5) is 15.5. The highest BCUT2D eigenvalue weighted by molar-refractivity contribution is 5.93. The Morgan fingerprint density at radius 3 is 2.33 bits per heavy atom. The molecule has 1 aliphatic heterocycles. The zero-order chi connectivity index (χ0) is 14.7. The number of rotatable bonds is 3. The summed E-state index contributed by atoms with van der Waals surface area (Å²) in [5, 5.41) is 17.0. The van der Waals surface area contributed by atoms with Gasteiger partial charge in [-0.3, -0.25) is 0 Å². The van der Waals surface area contributed by atoms with E-state index in [0.717, 1.165) is 26.2 Å². The number of piperazine rings is 1. The standard InChI is InChI=1S/C15H16N4O2/c20-15(21)13-6-7-16-17-14(13)19-10-8-18(9-11-19)12-4-2-1-3-5-12/h1-7H,8-11H2,(H,20,21). The molecule has 6 heteroatoms. The molecule has 0 bridgehead atoms. The van der Waals surface area contributed by atoms with Crippen molar-refractivity contribution in [1.82, 2.24) is 10.2 Å². The maximum Gasteiger partial charge on any atom is 0.339 e. The summed E-state index contributed by atoms with van der Waals surface area (Å²) < 4.78 is 0. The van der Waals surface area contributed by atoms with Crippen molar-refractivity contribution in [2.75, 3.05) is 36.0 Å². The molecule has 1 saturated heterocycles. The van der Waals surface area contributed by atoms with Crippen LogP contribution in [0.1, 0.15) is 10.4 Å². The summed E-state index contributed by atoms with van der Waals surface area (Å²) in [6.07, 6.45) is 1.41. The van der Waals surface area contributed by atoms with Crippen LogP contribution in [0.2, 0.25) is 0 Å². The predicted molar refractivity (Wildman–Crippen MR) is 79.9 cm³/mol. The zero-order valence-electron chi connectivity index (χ0n) is 11.5. The average Bonchev–Trinajstić information content (AvgIpc) is 2.56. The van der Waals surface area contributed by atoms with Crippen LogP contribution in [-0.4, -0.2) is 47.5 Å². The second-order valence-electron chi connectivity index (χ2n) is 4.88. The second-order valence-corrected chi connectivity index (χ2v) is 4.88. The van der Waals surface area contributed by atoms with Gasteiger partial charge in [-0.15, -0.1) is 5.10 Å². The largest absolute Gasteiger partial charge is 0.478 e. The highest BCUT2D eigenvalue weighted by atomic mass is 16.4. The molecule has 0 amide bonds. The van der Waals surface area contributed by atoms with Gasteiger partial charge in [0.25, 0.3) is 0 Å². The van der Waals surface area contributed by atoms with E-state index in [-0.39, 0.29) is 5.56 Å². The predicted octanol–water partition coefficient (Wildman–Crippen LogP) is 1.50. The first-order chi connectivity index (χ1) is 10.3. The Morgan fingerprint density at radius 1 is 1.00 bits per heavy atom. The summed E-state index contributed by atoms with van der Waals surface area (Å²) in [7, 11) is 0. The lowest BCUT2D eigenvalue weighted by Crippen LogP contribution is -2.47. The number of nitrogens with zero attached hydrogens (tertiary/aromatic N) is 4. The van der Waals surface area contributed by atoms with Crippen molar-refractivity contribution in [2.45, 2.75) is 0 Å². The van der Waals surface area contributed by atoms with Crippen molar-refractivity contribution in [3.05, 3.63) is 48.2 Å². The fraction of sp³-hybridized carbons (Fsp3) is 0.267. The van der Waals surface area contributed by atoms with E-state index >= 15 is 0 Å². The molecule has 1 aromatic heterocycles. The monoisotopic (exact) mass is 284 g/mol. The average molecular weight is 284 g/mol. The molecule has 1 N–H and O–H groups in total. The molecule has 1 aromatic carbocycles. The summed E-state index contributed by atoms with van der Waals surface area (Å²) in [5.74, 6) is -0.511. The van der Waals surface area contributed by atoms with Crippen molar-refractivity contribution < 1.29 is 9.90 Å². The zero-order valence-corrected chi connectivity index (χ0v) is 11.5. The van der Waals surface area contributed by atoms with Gasteiger partial charge < -0.3 is 14.9 Å². The first-order valence-corrected chi connectivity index (χ1v) is 6.85. The minimum atomic E-state index is -0.967. The highest BCUT2D eigenvalue weighted by Crippen LogP contribution is 2.21. The van der Waals surface area contributed by atoms with Crippen LogP contribution in [0.25, 0.3) is 0 Å². The van der Waals surface area contributed by atoms with E-state index in [1.54, 1.807) is 0 Å². The smallest absolute Gasteiger partial charge is 0.339 e. The van der Waals surface area contributed by atoms with E-state index in [0.29, 0.717) is 5.82 Å². The molecular weight excluding hydrogens is 268 g/mol. The van der Waals surface area contributed by atoms with Crippen LogP contribution in [0, 0.1) is 0 Å². The van der Waals surface area contributed by atoms with E-state index in [9.17, 15) is 9.90 Å². The van der Waals surface area contributed by atoms with Gasteiger partial charge in [0.15, 0.2) is 5.82 Å². The summed E-state index contributed by atoms with van der Waals surface area (Å²) in [6.45, 7) is 3.13. The van der Waals surface area contributed by atoms with Gasteiger partial charge in [-0.2, -0.15) is 5.10 Å². The molecule has 0 spiro atoms. The molecule has 6 nitrogen and oxygen atoms in total. The van der Waals surface area contributed by atoms with Crippen LogP contribution in [0.3, 0.4) is 0 Å². The molecule has 3 rings (SSSR count). The third kappa shape index (κ3) is 2.79. The molecule has 0 unspecified atom stereocenters. The van der Waals surface area contributed by atoms with E-state index in [4.69, 9.17) is 0 Å². The van der Waals surface area contributed by atoms with E-state index in [2.05, 4.69) is 27.2 Å². The van der Waals surface area contributed by atoms with E-state index in [1.165, 1.54) is 18.0 Å². The number of carboxylic acid groups (broad SMARTS) is 1. The Kier molecular flexibility index (Phi) is 3.68. The Hall–Kier alpha value is -2.63. The fourth-order valence-corrected chi connectivity index (χ4v) is 2.54. The number of aromatic carboxylic acids is 1. The third-order valence-corrected chi connectivity index (χ3v) is 3.63. The molecular formula is C15H16N4O2. The van der Waals surface area contributed by atoms with Gasteiger partial charge in [0, 0.05) is 31.9 Å². The number of hydrogen-bond acceptors (Lipinski definition) is 5. The van der Waals surface area contributed by atoms with Crippen LogP contribution >= 0.6 is 0 Å². The lowest BCUT2D eigenvalue weighted by molar-refractivity contribution is 0.0697. The summed E-state index contributed by atoms with van der Waals surface area (Å²) in [6, 6.07) is 11.7. The lowest BCUT2D eigenvalue weighted by atomic mass is 10.2. The van der Waals surface area contributed by atoms with Crippen LogP contribution in [0.4, 0.5) is 11.5 Å². The van der Waals surface area contributed by atoms with Crippen LogP contribution in [0.5, 0.6) is 0 Å². The summed E-state index contributed by atoms with van der Waals surface area (Å²) >= 11 is 0. The number of anilines is 2. The van der Waals surface area contributed by atoms with Crippen molar-refractivity contribution in [2.24, 2.45) is 0 Å². The number of carbonyl (C=O) groups is 1. The first kappa shape index (κ1) is 13.4. The van der Waals surface area contributed by atoms with Gasteiger partial charge in [0.1, 0.15) is 5.56 Å². The SMILES string of the molecule is O=C(O)c1ccnnc1N1CCN(c2ccccc2)CC1. The van der Waals surface area contributed by atoms with E-state index < -0.39 is 5.97 Å². The normalized spacial score (nSPS) is 15.0. The van der Waals surface area contributed by atoms with Crippen LogP contribution in [0.15, 0.2) is 42.6 Å². The highest BCUT2D eigenvalue weighted by Gasteiger charge is 2.22. The van der Waals surface area contributed by atoms with Gasteiger partial charge in [0.05, 0.1) is 6.20 Å². The molecule has 2 heterocycles. The van der Waals surface area contributed by atoms with Crippen molar-refractivity contribution >= 4 is 17.5 Å². The number of benzene rings is 1. The van der Waals surface area contributed by atoms with Gasteiger partial charge >= 0.3 is 5.97 Å². The Balaban J connectivity index is 1.73. The maximum atomic E-state index is 11.2. The number of carboxylic acids is 1. The molecule has 1 fully saturated rings. The lowest BCUT2D eigenvalue weighted by Gasteiger charge is -2.36. The molecule has 108 valence electrons. The third-order valence-electron chi connectivity index (χ3n) is 3.63. The molecule has 0 saturated carbocycles. The van der Waals surface area contributed by atoms with Crippen molar-refractivity contribution in [3.63, 3.8) is 0 Å². The Labute approximate surface area is 122 Å². The Bertz CT molecular complexity index is 625. The van der Waals surface area contributed by atoms with E-state index in [1.807, 2.05) is 23.1 Å². The topological polar surface area (TPSA) is 69.6 Å². The van der Waals surface area contributed by atoms with Crippen molar-refractivity contribution in [3.8, 4) is 0 Å². The number of aromatic nitrogens is 2. The van der Waals surface area contributed by atoms with Gasteiger partial charge in [-0.1, -0.05) is 18.2 Å². The molecule has 0 radical (unpaired) electrons. The van der Waals surface area contributed by atoms with Crippen molar-refractivity contribution in [1.29, 1.82) is 0 Å². The number of para-hydroxylation sites is 1. The first-order valence-electron chi connectivity index (χ1n) is 6.85.